The van der Waals surface area contributed by atoms with Crippen molar-refractivity contribution in [3.05, 3.63) is 65.9 Å². The Kier molecular flexibility index (Phi) is 3.00. The Morgan fingerprint density at radius 2 is 1.89 bits per heavy atom. The lowest BCUT2D eigenvalue weighted by Crippen LogP contribution is -1.99. The van der Waals surface area contributed by atoms with E-state index in [1.807, 2.05) is 6.07 Å². The van der Waals surface area contributed by atoms with E-state index in [0.29, 0.717) is 0 Å². The van der Waals surface area contributed by atoms with Gasteiger partial charge in [0.1, 0.15) is 5.75 Å². The summed E-state index contributed by atoms with van der Waals surface area (Å²) in [5, 5.41) is 1.24. The highest BCUT2D eigenvalue weighted by molar-refractivity contribution is 5.81. The van der Waals surface area contributed by atoms with E-state index in [1.165, 1.54) is 22.0 Å². The smallest absolute Gasteiger partial charge is 0.120 e. The zero-order valence-corrected chi connectivity index (χ0v) is 11.3. The van der Waals surface area contributed by atoms with E-state index in [-0.39, 0.29) is 0 Å². The predicted molar refractivity (Wildman–Crippen MR) is 78.8 cm³/mol. The van der Waals surface area contributed by atoms with Gasteiger partial charge in [-0.25, -0.2) is 0 Å². The van der Waals surface area contributed by atoms with Gasteiger partial charge in [-0.15, -0.1) is 0 Å². The van der Waals surface area contributed by atoms with Crippen LogP contribution in [-0.2, 0) is 6.54 Å². The molecule has 3 aromatic rings. The van der Waals surface area contributed by atoms with Gasteiger partial charge >= 0.3 is 0 Å². The van der Waals surface area contributed by atoms with Crippen LogP contribution in [0.3, 0.4) is 0 Å². The van der Waals surface area contributed by atoms with E-state index < -0.39 is 0 Å². The molecule has 0 spiro atoms. The topological polar surface area (TPSA) is 14.2 Å². The lowest BCUT2D eigenvalue weighted by atomic mass is 10.1. The number of aryl methyl sites for hydroxylation is 1. The molecular weight excluding hydrogens is 234 g/mol. The first-order valence-electron chi connectivity index (χ1n) is 6.45. The molecule has 2 heteroatoms. The van der Waals surface area contributed by atoms with Crippen molar-refractivity contribution >= 4 is 10.9 Å². The van der Waals surface area contributed by atoms with Crippen LogP contribution in [0.2, 0.25) is 0 Å². The Hall–Kier alpha value is -2.22. The van der Waals surface area contributed by atoms with Crippen molar-refractivity contribution in [2.45, 2.75) is 13.5 Å². The normalized spacial score (nSPS) is 10.8. The number of rotatable bonds is 3. The van der Waals surface area contributed by atoms with Crippen molar-refractivity contribution in [3.63, 3.8) is 0 Å². The average molecular weight is 251 g/mol. The second-order valence-electron chi connectivity index (χ2n) is 4.79. The Balaban J connectivity index is 2.03. The molecule has 0 aliphatic rings. The second-order valence-corrected chi connectivity index (χ2v) is 4.79. The fourth-order valence-corrected chi connectivity index (χ4v) is 2.40. The minimum atomic E-state index is 0.892. The molecule has 1 aromatic heterocycles. The summed E-state index contributed by atoms with van der Waals surface area (Å²) >= 11 is 0. The van der Waals surface area contributed by atoms with E-state index in [4.69, 9.17) is 4.74 Å². The van der Waals surface area contributed by atoms with Crippen molar-refractivity contribution < 1.29 is 4.74 Å². The molecule has 0 aliphatic carbocycles. The summed E-state index contributed by atoms with van der Waals surface area (Å²) in [6.45, 7) is 3.05. The molecule has 0 saturated heterocycles. The van der Waals surface area contributed by atoms with Gasteiger partial charge in [0.2, 0.25) is 0 Å². The van der Waals surface area contributed by atoms with Gasteiger partial charge in [0, 0.05) is 18.8 Å². The molecule has 0 radical (unpaired) electrons. The monoisotopic (exact) mass is 251 g/mol. The number of hydrogen-bond donors (Lipinski definition) is 0. The standard InChI is InChI=1S/C17H17NO/c1-13-5-3-4-6-15(13)12-18-10-9-14-7-8-16(19-2)11-17(14)18/h3-11H,12H2,1-2H3. The minimum Gasteiger partial charge on any atom is -0.497 e. The van der Waals surface area contributed by atoms with E-state index in [1.54, 1.807) is 7.11 Å². The van der Waals surface area contributed by atoms with E-state index >= 15 is 0 Å². The average Bonchev–Trinajstić information content (AvgIpc) is 2.84. The van der Waals surface area contributed by atoms with Crippen LogP contribution >= 0.6 is 0 Å². The predicted octanol–water partition coefficient (Wildman–Crippen LogP) is 4.01. The number of benzene rings is 2. The first-order valence-corrected chi connectivity index (χ1v) is 6.45. The van der Waals surface area contributed by atoms with Crippen molar-refractivity contribution in [2.75, 3.05) is 7.11 Å². The highest BCUT2D eigenvalue weighted by Crippen LogP contribution is 2.23. The number of aromatic nitrogens is 1. The lowest BCUT2D eigenvalue weighted by Gasteiger charge is -2.09. The number of methoxy groups -OCH3 is 1. The van der Waals surface area contributed by atoms with E-state index in [9.17, 15) is 0 Å². The molecule has 0 unspecified atom stereocenters. The highest BCUT2D eigenvalue weighted by atomic mass is 16.5. The van der Waals surface area contributed by atoms with Crippen molar-refractivity contribution in [1.82, 2.24) is 4.57 Å². The van der Waals surface area contributed by atoms with Gasteiger partial charge in [-0.3, -0.25) is 0 Å². The quantitative estimate of drug-likeness (QED) is 0.686. The van der Waals surface area contributed by atoms with Gasteiger partial charge in [0.25, 0.3) is 0 Å². The van der Waals surface area contributed by atoms with Gasteiger partial charge in [-0.05, 0) is 41.6 Å². The third-order valence-electron chi connectivity index (χ3n) is 3.58. The zero-order valence-electron chi connectivity index (χ0n) is 11.3. The maximum absolute atomic E-state index is 5.31. The molecule has 2 nitrogen and oxygen atoms in total. The second kappa shape index (κ2) is 4.81. The van der Waals surface area contributed by atoms with Gasteiger partial charge in [0.15, 0.2) is 0 Å². The molecule has 19 heavy (non-hydrogen) atoms. The fraction of sp³-hybridized carbons (Fsp3) is 0.176. The van der Waals surface area contributed by atoms with Crippen molar-refractivity contribution in [1.29, 1.82) is 0 Å². The van der Waals surface area contributed by atoms with Gasteiger partial charge in [0.05, 0.1) is 12.6 Å². The van der Waals surface area contributed by atoms with E-state index in [0.717, 1.165) is 12.3 Å². The van der Waals surface area contributed by atoms with Crippen LogP contribution in [0, 0.1) is 6.92 Å². The third kappa shape index (κ3) is 2.22. The van der Waals surface area contributed by atoms with Crippen LogP contribution in [-0.4, -0.2) is 11.7 Å². The van der Waals surface area contributed by atoms with Crippen LogP contribution in [0.25, 0.3) is 10.9 Å². The molecule has 0 aliphatic heterocycles. The maximum atomic E-state index is 5.31. The Morgan fingerprint density at radius 3 is 2.68 bits per heavy atom. The molecule has 0 N–H and O–H groups in total. The van der Waals surface area contributed by atoms with Gasteiger partial charge in [-0.1, -0.05) is 24.3 Å². The minimum absolute atomic E-state index is 0.892. The fourth-order valence-electron chi connectivity index (χ4n) is 2.40. The summed E-state index contributed by atoms with van der Waals surface area (Å²) in [5.74, 6) is 0.900. The molecule has 0 saturated carbocycles. The van der Waals surface area contributed by atoms with Crippen molar-refractivity contribution in [3.8, 4) is 5.75 Å². The Morgan fingerprint density at radius 1 is 1.05 bits per heavy atom. The summed E-state index contributed by atoms with van der Waals surface area (Å²) in [6, 6.07) is 16.8. The van der Waals surface area contributed by atoms with Crippen molar-refractivity contribution in [2.24, 2.45) is 0 Å². The summed E-state index contributed by atoms with van der Waals surface area (Å²) in [4.78, 5) is 0. The zero-order chi connectivity index (χ0) is 13.2. The highest BCUT2D eigenvalue weighted by Gasteiger charge is 2.04. The number of nitrogens with zero attached hydrogens (tertiary/aromatic N) is 1. The number of ether oxygens (including phenoxy) is 1. The first-order chi connectivity index (χ1) is 9.28. The lowest BCUT2D eigenvalue weighted by molar-refractivity contribution is 0.415. The van der Waals surface area contributed by atoms with Gasteiger partial charge in [-0.2, -0.15) is 0 Å². The van der Waals surface area contributed by atoms with Gasteiger partial charge < -0.3 is 9.30 Å². The first kappa shape index (κ1) is 11.8. The van der Waals surface area contributed by atoms with Crippen LogP contribution in [0.15, 0.2) is 54.7 Å². The molecule has 96 valence electrons. The molecule has 0 atom stereocenters. The molecule has 3 rings (SSSR count). The molecule has 2 aromatic carbocycles. The summed E-state index contributed by atoms with van der Waals surface area (Å²) in [7, 11) is 1.70. The summed E-state index contributed by atoms with van der Waals surface area (Å²) < 4.78 is 7.57. The third-order valence-corrected chi connectivity index (χ3v) is 3.58. The molecule has 1 heterocycles. The van der Waals surface area contributed by atoms with Crippen LogP contribution < -0.4 is 4.74 Å². The maximum Gasteiger partial charge on any atom is 0.120 e. The van der Waals surface area contributed by atoms with Crippen LogP contribution in [0.1, 0.15) is 11.1 Å². The Labute approximate surface area is 113 Å². The number of fused-ring (bicyclic) bond motifs is 1. The van der Waals surface area contributed by atoms with Crippen LogP contribution in [0.4, 0.5) is 0 Å². The SMILES string of the molecule is COc1ccc2ccn(Cc3ccccc3C)c2c1. The molecule has 0 amide bonds. The summed E-state index contributed by atoms with van der Waals surface area (Å²) in [5.41, 5.74) is 3.89. The van der Waals surface area contributed by atoms with E-state index in [2.05, 4.69) is 60.2 Å². The molecule has 0 fully saturated rings. The largest absolute Gasteiger partial charge is 0.497 e. The Bertz CT molecular complexity index is 712. The molecule has 0 bridgehead atoms. The summed E-state index contributed by atoms with van der Waals surface area (Å²) in [6.07, 6.45) is 2.14. The number of hydrogen-bond acceptors (Lipinski definition) is 1. The van der Waals surface area contributed by atoms with Crippen LogP contribution in [0.5, 0.6) is 5.75 Å². The molecular formula is C17H17NO.